The van der Waals surface area contributed by atoms with Gasteiger partial charge < -0.3 is 10.2 Å². The van der Waals surface area contributed by atoms with Gasteiger partial charge in [0.25, 0.3) is 0 Å². The molecule has 0 saturated carbocycles. The monoisotopic (exact) mass is 244 g/mol. The Kier molecular flexibility index (Phi) is 3.33. The number of hydrogen-bond donors (Lipinski definition) is 1. The normalized spacial score (nSPS) is 18.8. The van der Waals surface area contributed by atoms with Crippen LogP contribution in [0.15, 0.2) is 18.2 Å². The molecule has 0 bridgehead atoms. The predicted octanol–water partition coefficient (Wildman–Crippen LogP) is 1.84. The van der Waals surface area contributed by atoms with Gasteiger partial charge in [-0.05, 0) is 36.0 Å². The summed E-state index contributed by atoms with van der Waals surface area (Å²) < 4.78 is 0. The van der Waals surface area contributed by atoms with E-state index in [4.69, 9.17) is 0 Å². The van der Waals surface area contributed by atoms with Gasteiger partial charge in [-0.25, -0.2) is 0 Å². The molecule has 1 aromatic rings. The molecular formula is C15H20N2O. The highest BCUT2D eigenvalue weighted by Gasteiger charge is 2.20. The van der Waals surface area contributed by atoms with Crippen molar-refractivity contribution in [3.05, 3.63) is 34.9 Å². The van der Waals surface area contributed by atoms with Crippen LogP contribution in [0.2, 0.25) is 0 Å². The molecular weight excluding hydrogens is 224 g/mol. The van der Waals surface area contributed by atoms with Gasteiger partial charge in [-0.2, -0.15) is 0 Å². The van der Waals surface area contributed by atoms with Gasteiger partial charge in [-0.3, -0.25) is 4.79 Å². The van der Waals surface area contributed by atoms with Crippen molar-refractivity contribution in [2.24, 2.45) is 0 Å². The number of nitrogens with one attached hydrogen (secondary N) is 1. The van der Waals surface area contributed by atoms with E-state index < -0.39 is 0 Å². The Bertz CT molecular complexity index is 450. The SMILES string of the molecule is O=C(Cc1cccc2c1CNC2)N1CCCCC1. The summed E-state index contributed by atoms with van der Waals surface area (Å²) in [6.07, 6.45) is 4.18. The Morgan fingerprint density at radius 3 is 2.83 bits per heavy atom. The molecule has 3 rings (SSSR count). The smallest absolute Gasteiger partial charge is 0.227 e. The minimum atomic E-state index is 0.301. The van der Waals surface area contributed by atoms with E-state index in [0.717, 1.165) is 26.2 Å². The molecule has 1 aromatic carbocycles. The lowest BCUT2D eigenvalue weighted by Gasteiger charge is -2.27. The fourth-order valence-electron chi connectivity index (χ4n) is 2.99. The third-order valence-corrected chi connectivity index (χ3v) is 4.04. The minimum Gasteiger partial charge on any atom is -0.342 e. The molecule has 0 atom stereocenters. The molecule has 0 aromatic heterocycles. The standard InChI is InChI=1S/C15H20N2O/c18-15(17-7-2-1-3-8-17)9-12-5-4-6-13-10-16-11-14(12)13/h4-6,16H,1-3,7-11H2. The largest absolute Gasteiger partial charge is 0.342 e. The first kappa shape index (κ1) is 11.7. The van der Waals surface area contributed by atoms with Crippen LogP contribution in [0.3, 0.4) is 0 Å². The van der Waals surface area contributed by atoms with E-state index in [0.29, 0.717) is 12.3 Å². The summed E-state index contributed by atoms with van der Waals surface area (Å²) in [5.74, 6) is 0.301. The van der Waals surface area contributed by atoms with Crippen molar-refractivity contribution in [1.29, 1.82) is 0 Å². The summed E-state index contributed by atoms with van der Waals surface area (Å²) in [6.45, 7) is 3.76. The molecule has 3 nitrogen and oxygen atoms in total. The zero-order chi connectivity index (χ0) is 12.4. The molecule has 0 radical (unpaired) electrons. The van der Waals surface area contributed by atoms with Crippen molar-refractivity contribution in [2.75, 3.05) is 13.1 Å². The molecule has 1 N–H and O–H groups in total. The number of benzene rings is 1. The van der Waals surface area contributed by atoms with Gasteiger partial charge in [0, 0.05) is 26.2 Å². The predicted molar refractivity (Wildman–Crippen MR) is 71.1 cm³/mol. The summed E-state index contributed by atoms with van der Waals surface area (Å²) >= 11 is 0. The molecule has 1 fully saturated rings. The van der Waals surface area contributed by atoms with E-state index in [9.17, 15) is 4.79 Å². The second-order valence-electron chi connectivity index (χ2n) is 5.28. The van der Waals surface area contributed by atoms with Crippen LogP contribution >= 0.6 is 0 Å². The highest BCUT2D eigenvalue weighted by atomic mass is 16.2. The summed E-state index contributed by atoms with van der Waals surface area (Å²) in [5.41, 5.74) is 3.93. The van der Waals surface area contributed by atoms with Gasteiger partial charge in [-0.1, -0.05) is 18.2 Å². The molecule has 3 heteroatoms. The first-order valence-corrected chi connectivity index (χ1v) is 6.93. The molecule has 0 spiro atoms. The Morgan fingerprint density at radius 1 is 1.17 bits per heavy atom. The van der Waals surface area contributed by atoms with Gasteiger partial charge in [0.1, 0.15) is 0 Å². The third kappa shape index (κ3) is 2.27. The van der Waals surface area contributed by atoms with Crippen molar-refractivity contribution < 1.29 is 4.79 Å². The lowest BCUT2D eigenvalue weighted by atomic mass is 10.00. The molecule has 18 heavy (non-hydrogen) atoms. The van der Waals surface area contributed by atoms with E-state index in [1.165, 1.54) is 36.0 Å². The van der Waals surface area contributed by atoms with Gasteiger partial charge >= 0.3 is 0 Å². The lowest BCUT2D eigenvalue weighted by Crippen LogP contribution is -2.36. The first-order chi connectivity index (χ1) is 8.84. The number of piperidine rings is 1. The van der Waals surface area contributed by atoms with Crippen LogP contribution in [0.4, 0.5) is 0 Å². The molecule has 2 aliphatic heterocycles. The van der Waals surface area contributed by atoms with Crippen molar-refractivity contribution in [2.45, 2.75) is 38.8 Å². The zero-order valence-corrected chi connectivity index (χ0v) is 10.7. The van der Waals surface area contributed by atoms with Gasteiger partial charge in [-0.15, -0.1) is 0 Å². The quantitative estimate of drug-likeness (QED) is 0.861. The summed E-state index contributed by atoms with van der Waals surface area (Å²) in [5, 5.41) is 3.36. The molecule has 1 amide bonds. The number of rotatable bonds is 2. The summed E-state index contributed by atoms with van der Waals surface area (Å²) in [6, 6.07) is 6.34. The number of amides is 1. The van der Waals surface area contributed by atoms with Crippen molar-refractivity contribution in [1.82, 2.24) is 10.2 Å². The van der Waals surface area contributed by atoms with Crippen LogP contribution in [0.1, 0.15) is 36.0 Å². The Morgan fingerprint density at radius 2 is 2.00 bits per heavy atom. The first-order valence-electron chi connectivity index (χ1n) is 6.93. The third-order valence-electron chi connectivity index (χ3n) is 4.04. The minimum absolute atomic E-state index is 0.301. The molecule has 0 unspecified atom stereocenters. The van der Waals surface area contributed by atoms with Crippen molar-refractivity contribution in [3.63, 3.8) is 0 Å². The summed E-state index contributed by atoms with van der Waals surface area (Å²) in [4.78, 5) is 14.3. The Balaban J connectivity index is 1.72. The number of carbonyl (C=O) groups is 1. The molecule has 2 aliphatic rings. The van der Waals surface area contributed by atoms with Gasteiger partial charge in [0.15, 0.2) is 0 Å². The fraction of sp³-hybridized carbons (Fsp3) is 0.533. The number of hydrogen-bond acceptors (Lipinski definition) is 2. The van der Waals surface area contributed by atoms with Crippen LogP contribution in [-0.4, -0.2) is 23.9 Å². The fourth-order valence-corrected chi connectivity index (χ4v) is 2.99. The molecule has 0 aliphatic carbocycles. The highest BCUT2D eigenvalue weighted by molar-refractivity contribution is 5.79. The van der Waals surface area contributed by atoms with E-state index in [-0.39, 0.29) is 0 Å². The lowest BCUT2D eigenvalue weighted by molar-refractivity contribution is -0.131. The summed E-state index contributed by atoms with van der Waals surface area (Å²) in [7, 11) is 0. The van der Waals surface area contributed by atoms with E-state index >= 15 is 0 Å². The Labute approximate surface area is 108 Å². The van der Waals surface area contributed by atoms with Gasteiger partial charge in [0.05, 0.1) is 6.42 Å². The maximum Gasteiger partial charge on any atom is 0.227 e. The van der Waals surface area contributed by atoms with Crippen LogP contribution < -0.4 is 5.32 Å². The number of carbonyl (C=O) groups excluding carboxylic acids is 1. The van der Waals surface area contributed by atoms with E-state index in [2.05, 4.69) is 23.5 Å². The highest BCUT2D eigenvalue weighted by Crippen LogP contribution is 2.21. The second-order valence-corrected chi connectivity index (χ2v) is 5.28. The number of nitrogens with zero attached hydrogens (tertiary/aromatic N) is 1. The molecule has 96 valence electrons. The average molecular weight is 244 g/mol. The second kappa shape index (κ2) is 5.11. The molecule has 1 saturated heterocycles. The maximum absolute atomic E-state index is 12.3. The topological polar surface area (TPSA) is 32.3 Å². The van der Waals surface area contributed by atoms with E-state index in [1.807, 2.05) is 4.90 Å². The van der Waals surface area contributed by atoms with Gasteiger partial charge in [0.2, 0.25) is 5.91 Å². The number of likely N-dealkylation sites (tertiary alicyclic amines) is 1. The Hall–Kier alpha value is -1.35. The van der Waals surface area contributed by atoms with Crippen molar-refractivity contribution >= 4 is 5.91 Å². The van der Waals surface area contributed by atoms with E-state index in [1.54, 1.807) is 0 Å². The van der Waals surface area contributed by atoms with Crippen LogP contribution in [0.5, 0.6) is 0 Å². The van der Waals surface area contributed by atoms with Crippen molar-refractivity contribution in [3.8, 4) is 0 Å². The maximum atomic E-state index is 12.3. The van der Waals surface area contributed by atoms with Crippen LogP contribution in [0.25, 0.3) is 0 Å². The zero-order valence-electron chi connectivity index (χ0n) is 10.7. The van der Waals surface area contributed by atoms with Crippen LogP contribution in [0, 0.1) is 0 Å². The van der Waals surface area contributed by atoms with Crippen LogP contribution in [-0.2, 0) is 24.3 Å². The molecule has 2 heterocycles. The average Bonchev–Trinajstić information content (AvgIpc) is 2.89. The number of fused-ring (bicyclic) bond motifs is 1.